The van der Waals surface area contributed by atoms with Gasteiger partial charge in [0.25, 0.3) is 5.54 Å². The van der Waals surface area contributed by atoms with Crippen LogP contribution in [0.3, 0.4) is 0 Å². The van der Waals surface area contributed by atoms with Crippen LogP contribution in [-0.4, -0.2) is 43.5 Å². The molecule has 1 aliphatic heterocycles. The molecule has 162 valence electrons. The molecule has 31 heavy (non-hydrogen) atoms. The first-order valence-electron chi connectivity index (χ1n) is 10.8. The highest BCUT2D eigenvalue weighted by Gasteiger charge is 2.70. The standard InChI is InChI=1S/C25H28N2O4/c1-30-23(28)25(24(29)31-2)22(26-19-14-8-4-9-15-19)21(18-12-6-3-7-13-18)27(25)20-16-10-5-11-17-20/h3,5-7,10-13,16-17,19,21H,4,8-9,14-15H2,1-2H3. The van der Waals surface area contributed by atoms with Gasteiger partial charge in [0.1, 0.15) is 0 Å². The van der Waals surface area contributed by atoms with E-state index in [1.807, 2.05) is 60.7 Å². The van der Waals surface area contributed by atoms with E-state index in [2.05, 4.69) is 0 Å². The number of ether oxygens (including phenoxy) is 2. The normalized spacial score (nSPS) is 21.9. The van der Waals surface area contributed by atoms with Crippen LogP contribution < -0.4 is 4.90 Å². The third kappa shape index (κ3) is 3.50. The van der Waals surface area contributed by atoms with E-state index in [0.29, 0.717) is 5.71 Å². The second kappa shape index (κ2) is 8.92. The van der Waals surface area contributed by atoms with E-state index in [0.717, 1.165) is 36.9 Å². The Hall–Kier alpha value is -3.15. The largest absolute Gasteiger partial charge is 0.467 e. The fourth-order valence-corrected chi connectivity index (χ4v) is 4.80. The number of methoxy groups -OCH3 is 2. The molecule has 0 spiro atoms. The molecular formula is C25H28N2O4. The maximum atomic E-state index is 13.3. The van der Waals surface area contributed by atoms with Crippen molar-refractivity contribution in [3.05, 3.63) is 66.2 Å². The molecule has 6 nitrogen and oxygen atoms in total. The first-order chi connectivity index (χ1) is 15.1. The summed E-state index contributed by atoms with van der Waals surface area (Å²) in [7, 11) is 2.59. The lowest BCUT2D eigenvalue weighted by Gasteiger charge is -2.56. The molecule has 0 amide bonds. The zero-order valence-electron chi connectivity index (χ0n) is 18.0. The van der Waals surface area contributed by atoms with Crippen molar-refractivity contribution >= 4 is 23.3 Å². The van der Waals surface area contributed by atoms with E-state index < -0.39 is 17.5 Å². The lowest BCUT2D eigenvalue weighted by molar-refractivity contribution is -0.159. The highest BCUT2D eigenvalue weighted by atomic mass is 16.5. The van der Waals surface area contributed by atoms with Gasteiger partial charge in [-0.25, -0.2) is 9.59 Å². The van der Waals surface area contributed by atoms with E-state index in [9.17, 15) is 9.59 Å². The van der Waals surface area contributed by atoms with Crippen molar-refractivity contribution in [2.45, 2.75) is 49.7 Å². The minimum atomic E-state index is -1.73. The molecule has 2 aromatic rings. The number of benzene rings is 2. The summed E-state index contributed by atoms with van der Waals surface area (Å²) in [6.07, 6.45) is 5.30. The molecule has 6 heteroatoms. The highest BCUT2D eigenvalue weighted by molar-refractivity contribution is 6.37. The number of aliphatic imine (C=N–C) groups is 1. The first-order valence-corrected chi connectivity index (χ1v) is 10.8. The number of hydrogen-bond donors (Lipinski definition) is 0. The third-order valence-electron chi connectivity index (χ3n) is 6.26. The van der Waals surface area contributed by atoms with E-state index >= 15 is 0 Å². The quantitative estimate of drug-likeness (QED) is 0.538. The second-order valence-corrected chi connectivity index (χ2v) is 8.02. The molecule has 1 unspecified atom stereocenters. The van der Waals surface area contributed by atoms with Crippen LogP contribution in [0.5, 0.6) is 0 Å². The predicted octanol–water partition coefficient (Wildman–Crippen LogP) is 4.11. The number of anilines is 1. The van der Waals surface area contributed by atoms with Gasteiger partial charge in [0.2, 0.25) is 0 Å². The molecule has 2 fully saturated rings. The van der Waals surface area contributed by atoms with Crippen molar-refractivity contribution in [3.63, 3.8) is 0 Å². The van der Waals surface area contributed by atoms with E-state index in [4.69, 9.17) is 14.5 Å². The van der Waals surface area contributed by atoms with E-state index in [1.54, 1.807) is 4.90 Å². The number of esters is 2. The maximum Gasteiger partial charge on any atom is 0.349 e. The minimum absolute atomic E-state index is 0.0848. The van der Waals surface area contributed by atoms with Crippen LogP contribution in [-0.2, 0) is 19.1 Å². The summed E-state index contributed by atoms with van der Waals surface area (Å²) in [6.45, 7) is 0. The van der Waals surface area contributed by atoms with Gasteiger partial charge in [0.15, 0.2) is 0 Å². The minimum Gasteiger partial charge on any atom is -0.467 e. The van der Waals surface area contributed by atoms with Crippen molar-refractivity contribution < 1.29 is 19.1 Å². The van der Waals surface area contributed by atoms with E-state index in [1.165, 1.54) is 20.6 Å². The highest BCUT2D eigenvalue weighted by Crippen LogP contribution is 2.49. The molecule has 1 aliphatic carbocycles. The Bertz CT molecular complexity index is 936. The molecule has 2 aromatic carbocycles. The first kappa shape index (κ1) is 21.1. The van der Waals surface area contributed by atoms with Gasteiger partial charge >= 0.3 is 11.9 Å². The molecule has 1 heterocycles. The summed E-state index contributed by atoms with van der Waals surface area (Å²) < 4.78 is 10.3. The van der Waals surface area contributed by atoms with Crippen molar-refractivity contribution in [1.82, 2.24) is 0 Å². The average molecular weight is 421 g/mol. The Morgan fingerprint density at radius 1 is 0.871 bits per heavy atom. The van der Waals surface area contributed by atoms with Gasteiger partial charge in [0.05, 0.1) is 32.0 Å². The Morgan fingerprint density at radius 3 is 1.97 bits per heavy atom. The van der Waals surface area contributed by atoms with Crippen LogP contribution in [0, 0.1) is 0 Å². The molecular weight excluding hydrogens is 392 g/mol. The lowest BCUT2D eigenvalue weighted by Crippen LogP contribution is -2.78. The topological polar surface area (TPSA) is 68.2 Å². The molecule has 0 N–H and O–H groups in total. The SMILES string of the molecule is COC(=O)C1(C(=O)OC)C(=NC2CCCCC2)C(c2ccccc2)N1c1ccccc1. The Kier molecular flexibility index (Phi) is 6.07. The van der Waals surface area contributed by atoms with Crippen LogP contribution in [0.15, 0.2) is 65.7 Å². The Morgan fingerprint density at radius 2 is 1.42 bits per heavy atom. The Labute approximate surface area is 182 Å². The predicted molar refractivity (Wildman–Crippen MR) is 119 cm³/mol. The number of carbonyl (C=O) groups is 2. The van der Waals surface area contributed by atoms with Gasteiger partial charge in [-0.15, -0.1) is 0 Å². The van der Waals surface area contributed by atoms with Gasteiger partial charge in [-0.1, -0.05) is 67.8 Å². The summed E-state index contributed by atoms with van der Waals surface area (Å²) in [5.41, 5.74) is 0.468. The van der Waals surface area contributed by atoms with Gasteiger partial charge in [-0.3, -0.25) is 4.99 Å². The maximum absolute atomic E-state index is 13.3. The molecule has 2 aliphatic rings. The summed E-state index contributed by atoms with van der Waals surface area (Å²) in [5.74, 6) is -1.35. The van der Waals surface area contributed by atoms with Crippen LogP contribution in [0.25, 0.3) is 0 Å². The number of rotatable bonds is 5. The monoisotopic (exact) mass is 420 g/mol. The molecule has 1 saturated carbocycles. The molecule has 4 rings (SSSR count). The lowest BCUT2D eigenvalue weighted by atomic mass is 9.71. The van der Waals surface area contributed by atoms with Crippen LogP contribution in [0.4, 0.5) is 5.69 Å². The summed E-state index contributed by atoms with van der Waals surface area (Å²) in [4.78, 5) is 33.4. The second-order valence-electron chi connectivity index (χ2n) is 8.02. The number of para-hydroxylation sites is 1. The fourth-order valence-electron chi connectivity index (χ4n) is 4.80. The smallest absolute Gasteiger partial charge is 0.349 e. The van der Waals surface area contributed by atoms with Crippen LogP contribution in [0.1, 0.15) is 43.7 Å². The van der Waals surface area contributed by atoms with Crippen molar-refractivity contribution in [2.75, 3.05) is 19.1 Å². The summed E-state index contributed by atoms with van der Waals surface area (Å²) in [5, 5.41) is 0. The van der Waals surface area contributed by atoms with Gasteiger partial charge in [0, 0.05) is 5.69 Å². The molecule has 0 bridgehead atoms. The van der Waals surface area contributed by atoms with Gasteiger partial charge in [-0.05, 0) is 30.5 Å². The van der Waals surface area contributed by atoms with Crippen LogP contribution >= 0.6 is 0 Å². The van der Waals surface area contributed by atoms with Crippen molar-refractivity contribution in [3.8, 4) is 0 Å². The molecule has 1 atom stereocenters. The zero-order valence-corrected chi connectivity index (χ0v) is 18.0. The summed E-state index contributed by atoms with van der Waals surface area (Å²) >= 11 is 0. The fraction of sp³-hybridized carbons (Fsp3) is 0.400. The summed E-state index contributed by atoms with van der Waals surface area (Å²) in [6, 6.07) is 19.0. The van der Waals surface area contributed by atoms with E-state index in [-0.39, 0.29) is 12.1 Å². The van der Waals surface area contributed by atoms with Gasteiger partial charge < -0.3 is 14.4 Å². The molecule has 1 saturated heterocycles. The Balaban J connectivity index is 1.93. The third-order valence-corrected chi connectivity index (χ3v) is 6.26. The van der Waals surface area contributed by atoms with Crippen molar-refractivity contribution in [1.29, 1.82) is 0 Å². The van der Waals surface area contributed by atoms with Crippen molar-refractivity contribution in [2.24, 2.45) is 4.99 Å². The number of nitrogens with zero attached hydrogens (tertiary/aromatic N) is 2. The molecule has 0 radical (unpaired) electrons. The van der Waals surface area contributed by atoms with Crippen LogP contribution in [0.2, 0.25) is 0 Å². The zero-order chi connectivity index (χ0) is 21.8. The number of hydrogen-bond acceptors (Lipinski definition) is 6. The number of carbonyl (C=O) groups excluding carboxylic acids is 2. The molecule has 0 aromatic heterocycles. The van der Waals surface area contributed by atoms with Gasteiger partial charge in [-0.2, -0.15) is 0 Å². The average Bonchev–Trinajstić information content (AvgIpc) is 2.83.